The Morgan fingerprint density at radius 2 is 2.28 bits per heavy atom. The lowest BCUT2D eigenvalue weighted by Crippen LogP contribution is -2.23. The van der Waals surface area contributed by atoms with Crippen LogP contribution in [0.2, 0.25) is 0 Å². The van der Waals surface area contributed by atoms with Gasteiger partial charge in [0.15, 0.2) is 0 Å². The lowest BCUT2D eigenvalue weighted by Gasteiger charge is -2.13. The summed E-state index contributed by atoms with van der Waals surface area (Å²) in [7, 11) is 1.44. The van der Waals surface area contributed by atoms with Crippen molar-refractivity contribution < 1.29 is 19.9 Å². The first-order valence-electron chi connectivity index (χ1n) is 5.05. The zero-order chi connectivity index (χ0) is 13.7. The summed E-state index contributed by atoms with van der Waals surface area (Å²) in [5.74, 6) is 0.432. The number of halogens is 1. The average molecular weight is 321 g/mol. The Hall–Kier alpha value is -1.38. The fourth-order valence-corrected chi connectivity index (χ4v) is 1.95. The molecule has 0 radical (unpaired) electrons. The van der Waals surface area contributed by atoms with E-state index in [2.05, 4.69) is 21.2 Å². The van der Waals surface area contributed by atoms with E-state index in [0.717, 1.165) is 0 Å². The molecular weight excluding hydrogens is 308 g/mol. The van der Waals surface area contributed by atoms with Crippen LogP contribution in [-0.4, -0.2) is 41.5 Å². The average Bonchev–Trinajstić information content (AvgIpc) is 2.36. The standard InChI is InChI=1S/C10H13BrN2O5/c1-18-8-3-2-7(13(16)17)10(9(8)11)12-4-6(15)5-14/h2-3,6,12,14-15H,4-5H2,1H3. The minimum atomic E-state index is -0.997. The molecule has 0 amide bonds. The Kier molecular flexibility index (Phi) is 5.32. The van der Waals surface area contributed by atoms with E-state index in [1.807, 2.05) is 0 Å². The molecule has 1 aromatic carbocycles. The molecule has 0 bridgehead atoms. The highest BCUT2D eigenvalue weighted by Crippen LogP contribution is 2.39. The summed E-state index contributed by atoms with van der Waals surface area (Å²) in [5.41, 5.74) is 0.0552. The first-order valence-corrected chi connectivity index (χ1v) is 5.84. The number of hydrogen-bond donors (Lipinski definition) is 3. The second kappa shape index (κ2) is 6.53. The Morgan fingerprint density at radius 3 is 2.78 bits per heavy atom. The lowest BCUT2D eigenvalue weighted by molar-refractivity contribution is -0.384. The maximum absolute atomic E-state index is 10.9. The molecule has 1 unspecified atom stereocenters. The third-order valence-electron chi connectivity index (χ3n) is 2.23. The number of aliphatic hydroxyl groups excluding tert-OH is 2. The van der Waals surface area contributed by atoms with Crippen LogP contribution in [0.25, 0.3) is 0 Å². The van der Waals surface area contributed by atoms with Crippen LogP contribution >= 0.6 is 15.9 Å². The highest BCUT2D eigenvalue weighted by Gasteiger charge is 2.20. The van der Waals surface area contributed by atoms with Gasteiger partial charge in [-0.25, -0.2) is 0 Å². The minimum Gasteiger partial charge on any atom is -0.495 e. The summed E-state index contributed by atoms with van der Waals surface area (Å²) in [6, 6.07) is 2.77. The van der Waals surface area contributed by atoms with Gasteiger partial charge >= 0.3 is 0 Å². The molecule has 0 aliphatic carbocycles. The number of methoxy groups -OCH3 is 1. The Balaban J connectivity index is 3.07. The number of nitro groups is 1. The molecule has 0 heterocycles. The number of nitro benzene ring substituents is 1. The molecule has 0 aliphatic heterocycles. The molecule has 0 aliphatic rings. The van der Waals surface area contributed by atoms with Gasteiger partial charge in [-0.05, 0) is 22.0 Å². The van der Waals surface area contributed by atoms with E-state index < -0.39 is 17.6 Å². The van der Waals surface area contributed by atoms with Gasteiger partial charge in [-0.2, -0.15) is 0 Å². The molecule has 1 aromatic rings. The van der Waals surface area contributed by atoms with E-state index in [1.54, 1.807) is 0 Å². The molecule has 7 nitrogen and oxygen atoms in total. The van der Waals surface area contributed by atoms with E-state index in [-0.39, 0.29) is 17.9 Å². The van der Waals surface area contributed by atoms with Gasteiger partial charge in [0.25, 0.3) is 5.69 Å². The van der Waals surface area contributed by atoms with Crippen molar-refractivity contribution in [3.05, 3.63) is 26.7 Å². The molecule has 0 aromatic heterocycles. The molecule has 0 saturated carbocycles. The number of rotatable bonds is 6. The van der Waals surface area contributed by atoms with Crippen LogP contribution in [0, 0.1) is 10.1 Å². The molecule has 18 heavy (non-hydrogen) atoms. The molecule has 100 valence electrons. The van der Waals surface area contributed by atoms with Gasteiger partial charge < -0.3 is 20.3 Å². The van der Waals surface area contributed by atoms with Gasteiger partial charge in [-0.3, -0.25) is 10.1 Å². The highest BCUT2D eigenvalue weighted by molar-refractivity contribution is 9.10. The first kappa shape index (κ1) is 14.7. The normalized spacial score (nSPS) is 12.0. The third kappa shape index (κ3) is 3.31. The van der Waals surface area contributed by atoms with Crippen LogP contribution in [0.4, 0.5) is 11.4 Å². The largest absolute Gasteiger partial charge is 0.495 e. The smallest absolute Gasteiger partial charge is 0.293 e. The first-order chi connectivity index (χ1) is 8.51. The number of ether oxygens (including phenoxy) is 1. The molecule has 1 rings (SSSR count). The monoisotopic (exact) mass is 320 g/mol. The molecule has 0 spiro atoms. The zero-order valence-electron chi connectivity index (χ0n) is 9.59. The predicted molar refractivity (Wildman–Crippen MR) is 68.9 cm³/mol. The van der Waals surface area contributed by atoms with E-state index in [4.69, 9.17) is 9.84 Å². The summed E-state index contributed by atoms with van der Waals surface area (Å²) in [6.07, 6.45) is -0.997. The molecule has 8 heteroatoms. The van der Waals surface area contributed by atoms with Gasteiger partial charge in [0.05, 0.1) is 29.2 Å². The van der Waals surface area contributed by atoms with Crippen molar-refractivity contribution in [2.45, 2.75) is 6.10 Å². The second-order valence-corrected chi connectivity index (χ2v) is 4.24. The van der Waals surface area contributed by atoms with Crippen molar-refractivity contribution >= 4 is 27.3 Å². The molecule has 0 fully saturated rings. The van der Waals surface area contributed by atoms with Crippen molar-refractivity contribution in [1.82, 2.24) is 0 Å². The number of benzene rings is 1. The van der Waals surface area contributed by atoms with Crippen molar-refractivity contribution in [3.63, 3.8) is 0 Å². The van der Waals surface area contributed by atoms with Crippen LogP contribution in [0.15, 0.2) is 16.6 Å². The molecular formula is C10H13BrN2O5. The Labute approximate surface area is 112 Å². The maximum atomic E-state index is 10.9. The summed E-state index contributed by atoms with van der Waals surface area (Å²) in [5, 5.41) is 31.5. The second-order valence-electron chi connectivity index (χ2n) is 3.45. The Morgan fingerprint density at radius 1 is 1.61 bits per heavy atom. The summed E-state index contributed by atoms with van der Waals surface area (Å²) >= 11 is 3.20. The van der Waals surface area contributed by atoms with Crippen molar-refractivity contribution in [2.24, 2.45) is 0 Å². The number of nitrogens with one attached hydrogen (secondary N) is 1. The van der Waals surface area contributed by atoms with Gasteiger partial charge in [0.1, 0.15) is 11.4 Å². The highest BCUT2D eigenvalue weighted by atomic mass is 79.9. The number of hydrogen-bond acceptors (Lipinski definition) is 6. The van der Waals surface area contributed by atoms with Crippen molar-refractivity contribution in [3.8, 4) is 5.75 Å². The van der Waals surface area contributed by atoms with Crippen LogP contribution in [0.1, 0.15) is 0 Å². The van der Waals surface area contributed by atoms with Crippen LogP contribution in [0.5, 0.6) is 5.75 Å². The lowest BCUT2D eigenvalue weighted by atomic mass is 10.2. The van der Waals surface area contributed by atoms with Gasteiger partial charge in [-0.15, -0.1) is 0 Å². The van der Waals surface area contributed by atoms with E-state index in [0.29, 0.717) is 10.2 Å². The fourth-order valence-electron chi connectivity index (χ4n) is 1.31. The molecule has 3 N–H and O–H groups in total. The van der Waals surface area contributed by atoms with Crippen LogP contribution in [-0.2, 0) is 0 Å². The summed E-state index contributed by atoms with van der Waals surface area (Å²) in [6.45, 7) is -0.439. The molecule has 0 saturated heterocycles. The fraction of sp³-hybridized carbons (Fsp3) is 0.400. The van der Waals surface area contributed by atoms with E-state index >= 15 is 0 Å². The minimum absolute atomic E-state index is 0.0108. The summed E-state index contributed by atoms with van der Waals surface area (Å²) < 4.78 is 5.43. The predicted octanol–water partition coefficient (Wildman–Crippen LogP) is 1.13. The van der Waals surface area contributed by atoms with Gasteiger partial charge in [0, 0.05) is 12.6 Å². The number of anilines is 1. The van der Waals surface area contributed by atoms with Crippen LogP contribution in [0.3, 0.4) is 0 Å². The zero-order valence-corrected chi connectivity index (χ0v) is 11.2. The quantitative estimate of drug-likeness (QED) is 0.536. The van der Waals surface area contributed by atoms with Gasteiger partial charge in [-0.1, -0.05) is 0 Å². The van der Waals surface area contributed by atoms with Crippen LogP contribution < -0.4 is 10.1 Å². The summed E-state index contributed by atoms with van der Waals surface area (Å²) in [4.78, 5) is 10.3. The third-order valence-corrected chi connectivity index (χ3v) is 3.01. The van der Waals surface area contributed by atoms with Crippen molar-refractivity contribution in [1.29, 1.82) is 0 Å². The number of nitrogens with zero attached hydrogens (tertiary/aromatic N) is 1. The van der Waals surface area contributed by atoms with Crippen molar-refractivity contribution in [2.75, 3.05) is 25.6 Å². The van der Waals surface area contributed by atoms with Gasteiger partial charge in [0.2, 0.25) is 0 Å². The Bertz CT molecular complexity index is 441. The number of aliphatic hydroxyl groups is 2. The topological polar surface area (TPSA) is 105 Å². The molecule has 1 atom stereocenters. The van der Waals surface area contributed by atoms with E-state index in [9.17, 15) is 15.2 Å². The van der Waals surface area contributed by atoms with E-state index in [1.165, 1.54) is 19.2 Å². The maximum Gasteiger partial charge on any atom is 0.293 e. The SMILES string of the molecule is COc1ccc([N+](=O)[O-])c(NCC(O)CO)c1Br.